The minimum Gasteiger partial charge on any atom is -0.383 e. The average Bonchev–Trinajstić information content (AvgIpc) is 2.48. The van der Waals surface area contributed by atoms with Crippen LogP contribution in [0, 0.1) is 11.7 Å². The Hall–Kier alpha value is -1.25. The number of rotatable bonds is 0. The normalized spacial score (nSPS) is 28.1. The fraction of sp³-hybridized carbons (Fsp3) is 0.538. The average molecular weight is 220 g/mol. The molecule has 1 fully saturated rings. The molecule has 2 nitrogen and oxygen atoms in total. The van der Waals surface area contributed by atoms with Crippen molar-refractivity contribution in [2.45, 2.75) is 31.7 Å². The van der Waals surface area contributed by atoms with E-state index in [4.69, 9.17) is 0 Å². The highest BCUT2D eigenvalue weighted by molar-refractivity contribution is 5.70. The lowest BCUT2D eigenvalue weighted by Gasteiger charge is -2.30. The molecule has 0 bridgehead atoms. The predicted molar refractivity (Wildman–Crippen MR) is 64.3 cm³/mol. The Kier molecular flexibility index (Phi) is 2.46. The molecule has 2 aliphatic rings. The van der Waals surface area contributed by atoms with Crippen LogP contribution in [0.5, 0.6) is 0 Å². The van der Waals surface area contributed by atoms with E-state index in [1.54, 1.807) is 6.07 Å². The molecule has 2 unspecified atom stereocenters. The first kappa shape index (κ1) is 9.94. The molecule has 2 N–H and O–H groups in total. The van der Waals surface area contributed by atoms with E-state index in [2.05, 4.69) is 10.6 Å². The van der Waals surface area contributed by atoms with Gasteiger partial charge in [-0.3, -0.25) is 0 Å². The third-order valence-electron chi connectivity index (χ3n) is 3.79. The van der Waals surface area contributed by atoms with Crippen LogP contribution in [0.4, 0.5) is 15.8 Å². The summed E-state index contributed by atoms with van der Waals surface area (Å²) >= 11 is 0. The van der Waals surface area contributed by atoms with Crippen LogP contribution in [0.25, 0.3) is 0 Å². The van der Waals surface area contributed by atoms with E-state index < -0.39 is 0 Å². The number of hydrogen-bond acceptors (Lipinski definition) is 2. The van der Waals surface area contributed by atoms with Crippen LogP contribution < -0.4 is 10.6 Å². The zero-order valence-corrected chi connectivity index (χ0v) is 9.30. The zero-order valence-electron chi connectivity index (χ0n) is 9.30. The Bertz CT molecular complexity index is 392. The first-order chi connectivity index (χ1) is 7.83. The Morgan fingerprint density at radius 2 is 2.00 bits per heavy atom. The summed E-state index contributed by atoms with van der Waals surface area (Å²) in [5.74, 6) is 0.516. The Morgan fingerprint density at radius 3 is 2.94 bits per heavy atom. The molecule has 0 radical (unpaired) electrons. The van der Waals surface area contributed by atoms with Gasteiger partial charge in [-0.25, -0.2) is 4.39 Å². The Labute approximate surface area is 95.2 Å². The van der Waals surface area contributed by atoms with E-state index in [0.29, 0.717) is 12.0 Å². The van der Waals surface area contributed by atoms with E-state index in [-0.39, 0.29) is 5.82 Å². The predicted octanol–water partition coefficient (Wildman–Crippen LogP) is 3.22. The maximum atomic E-state index is 13.1. The molecule has 16 heavy (non-hydrogen) atoms. The van der Waals surface area contributed by atoms with Crippen molar-refractivity contribution in [3.63, 3.8) is 0 Å². The highest BCUT2D eigenvalue weighted by Gasteiger charge is 2.27. The van der Waals surface area contributed by atoms with Gasteiger partial charge in [0.15, 0.2) is 0 Å². The van der Waals surface area contributed by atoms with Gasteiger partial charge in [0.1, 0.15) is 5.82 Å². The molecule has 86 valence electrons. The summed E-state index contributed by atoms with van der Waals surface area (Å²) in [6.45, 7) is 0.966. The van der Waals surface area contributed by atoms with Crippen molar-refractivity contribution in [2.24, 2.45) is 5.92 Å². The summed E-state index contributed by atoms with van der Waals surface area (Å²) in [4.78, 5) is 0. The van der Waals surface area contributed by atoms with Gasteiger partial charge in [0.25, 0.3) is 0 Å². The molecule has 1 aromatic rings. The number of fused-ring (bicyclic) bond motifs is 2. The van der Waals surface area contributed by atoms with Crippen LogP contribution in [-0.2, 0) is 0 Å². The quantitative estimate of drug-likeness (QED) is 0.701. The van der Waals surface area contributed by atoms with Crippen LogP contribution >= 0.6 is 0 Å². The van der Waals surface area contributed by atoms with Gasteiger partial charge in [0.2, 0.25) is 0 Å². The lowest BCUT2D eigenvalue weighted by atomic mass is 9.84. The molecule has 1 aromatic carbocycles. The second kappa shape index (κ2) is 3.96. The summed E-state index contributed by atoms with van der Waals surface area (Å²) in [5, 5.41) is 6.92. The molecule has 1 saturated carbocycles. The van der Waals surface area contributed by atoms with Crippen molar-refractivity contribution in [3.8, 4) is 0 Å². The lowest BCUT2D eigenvalue weighted by Crippen LogP contribution is -2.34. The number of hydrogen-bond donors (Lipinski definition) is 2. The molecule has 1 heterocycles. The fourth-order valence-electron chi connectivity index (χ4n) is 2.87. The molecule has 0 aromatic heterocycles. The van der Waals surface area contributed by atoms with E-state index in [1.165, 1.54) is 31.7 Å². The fourth-order valence-corrected chi connectivity index (χ4v) is 2.87. The first-order valence-electron chi connectivity index (χ1n) is 6.13. The van der Waals surface area contributed by atoms with Crippen LogP contribution in [0.15, 0.2) is 18.2 Å². The standard InChI is InChI=1S/C13H17FN2/c14-10-5-6-12-13(7-10)15-8-9-3-1-2-4-11(9)16-12/h5-7,9,11,15-16H,1-4,8H2. The van der Waals surface area contributed by atoms with Crippen LogP contribution in [0.3, 0.4) is 0 Å². The topological polar surface area (TPSA) is 24.1 Å². The second-order valence-electron chi connectivity index (χ2n) is 4.87. The summed E-state index contributed by atoms with van der Waals surface area (Å²) in [7, 11) is 0. The number of halogens is 1. The number of nitrogens with one attached hydrogen (secondary N) is 2. The molecular formula is C13H17FN2. The molecule has 0 spiro atoms. The first-order valence-corrected chi connectivity index (χ1v) is 6.13. The molecular weight excluding hydrogens is 203 g/mol. The molecule has 0 saturated heterocycles. The van der Waals surface area contributed by atoms with Crippen LogP contribution in [-0.4, -0.2) is 12.6 Å². The summed E-state index contributed by atoms with van der Waals surface area (Å²) in [6.07, 6.45) is 5.16. The summed E-state index contributed by atoms with van der Waals surface area (Å²) in [5.41, 5.74) is 1.96. The van der Waals surface area contributed by atoms with Crippen LogP contribution in [0.2, 0.25) is 0 Å². The lowest BCUT2D eigenvalue weighted by molar-refractivity contribution is 0.342. The van der Waals surface area contributed by atoms with E-state index in [9.17, 15) is 4.39 Å². The number of anilines is 2. The minimum atomic E-state index is -0.169. The minimum absolute atomic E-state index is 0.169. The Balaban J connectivity index is 1.89. The third kappa shape index (κ3) is 1.75. The molecule has 1 aliphatic heterocycles. The Morgan fingerprint density at radius 1 is 1.12 bits per heavy atom. The highest BCUT2D eigenvalue weighted by atomic mass is 19.1. The van der Waals surface area contributed by atoms with Crippen molar-refractivity contribution >= 4 is 11.4 Å². The van der Waals surface area contributed by atoms with Crippen molar-refractivity contribution in [1.82, 2.24) is 0 Å². The highest BCUT2D eigenvalue weighted by Crippen LogP contribution is 2.34. The molecule has 3 heteroatoms. The molecule has 1 aliphatic carbocycles. The molecule has 2 atom stereocenters. The van der Waals surface area contributed by atoms with Gasteiger partial charge in [-0.05, 0) is 37.0 Å². The van der Waals surface area contributed by atoms with Gasteiger partial charge in [-0.15, -0.1) is 0 Å². The summed E-state index contributed by atoms with van der Waals surface area (Å²) in [6, 6.07) is 5.51. The summed E-state index contributed by atoms with van der Waals surface area (Å²) < 4.78 is 13.1. The maximum absolute atomic E-state index is 13.1. The van der Waals surface area contributed by atoms with Crippen molar-refractivity contribution < 1.29 is 4.39 Å². The van der Waals surface area contributed by atoms with Crippen molar-refractivity contribution in [1.29, 1.82) is 0 Å². The van der Waals surface area contributed by atoms with Gasteiger partial charge in [0.05, 0.1) is 11.4 Å². The number of benzene rings is 1. The smallest absolute Gasteiger partial charge is 0.125 e. The van der Waals surface area contributed by atoms with E-state index >= 15 is 0 Å². The maximum Gasteiger partial charge on any atom is 0.125 e. The van der Waals surface area contributed by atoms with E-state index in [0.717, 1.165) is 17.9 Å². The largest absolute Gasteiger partial charge is 0.383 e. The monoisotopic (exact) mass is 220 g/mol. The van der Waals surface area contributed by atoms with Crippen LogP contribution in [0.1, 0.15) is 25.7 Å². The van der Waals surface area contributed by atoms with Gasteiger partial charge >= 0.3 is 0 Å². The van der Waals surface area contributed by atoms with Gasteiger partial charge in [-0.1, -0.05) is 12.8 Å². The van der Waals surface area contributed by atoms with Gasteiger partial charge in [0, 0.05) is 12.6 Å². The van der Waals surface area contributed by atoms with Gasteiger partial charge < -0.3 is 10.6 Å². The molecule has 0 amide bonds. The van der Waals surface area contributed by atoms with Crippen molar-refractivity contribution in [3.05, 3.63) is 24.0 Å². The zero-order chi connectivity index (χ0) is 11.0. The second-order valence-corrected chi connectivity index (χ2v) is 4.87. The molecule has 3 rings (SSSR count). The van der Waals surface area contributed by atoms with Crippen molar-refractivity contribution in [2.75, 3.05) is 17.2 Å². The van der Waals surface area contributed by atoms with E-state index in [1.807, 2.05) is 6.07 Å². The van der Waals surface area contributed by atoms with Gasteiger partial charge in [-0.2, -0.15) is 0 Å². The third-order valence-corrected chi connectivity index (χ3v) is 3.79. The SMILES string of the molecule is Fc1ccc2c(c1)NCC1CCCCC1N2.